The van der Waals surface area contributed by atoms with Crippen LogP contribution >= 0.6 is 34.5 Å². The largest absolute Gasteiger partial charge is 0.479 e. The fourth-order valence-electron chi connectivity index (χ4n) is 3.85. The van der Waals surface area contributed by atoms with Crippen molar-refractivity contribution in [2.45, 2.75) is 30.9 Å². The zero-order chi connectivity index (χ0) is 25.2. The number of hydrogen-bond acceptors (Lipinski definition) is 7. The maximum atomic E-state index is 13.1. The van der Waals surface area contributed by atoms with Gasteiger partial charge in [-0.2, -0.15) is 0 Å². The number of hydrogen-bond donors (Lipinski definition) is 1. The molecule has 1 amide bonds. The van der Waals surface area contributed by atoms with Gasteiger partial charge >= 0.3 is 0 Å². The van der Waals surface area contributed by atoms with Gasteiger partial charge in [0.1, 0.15) is 10.8 Å². The number of thiazole rings is 1. The smallest absolute Gasteiger partial charge is 0.263 e. The molecule has 2 aromatic carbocycles. The molecule has 1 fully saturated rings. The lowest BCUT2D eigenvalue weighted by Crippen LogP contribution is -2.56. The lowest BCUT2D eigenvalue weighted by Gasteiger charge is -2.41. The highest BCUT2D eigenvalue weighted by atomic mass is 35.5. The summed E-state index contributed by atoms with van der Waals surface area (Å²) in [6.07, 6.45) is 0.811. The molecule has 2 atom stereocenters. The lowest BCUT2D eigenvalue weighted by atomic mass is 10.1. The molecule has 1 unspecified atom stereocenters. The van der Waals surface area contributed by atoms with E-state index in [0.29, 0.717) is 35.5 Å². The zero-order valence-corrected chi connectivity index (χ0v) is 22.2. The van der Waals surface area contributed by atoms with Crippen molar-refractivity contribution in [3.8, 4) is 5.75 Å². The Morgan fingerprint density at radius 3 is 2.63 bits per heavy atom. The molecule has 0 radical (unpaired) electrons. The molecule has 3 aromatic rings. The SMILES string of the molecule is CC(Oc1cccc(Cl)c1Cl)C(=O)N1CCN(c2ccc(S(=O)(=O)Nc3nccs3)cc2)C[C@@H]1C.[HH].[HH]. The number of piperazine rings is 1. The predicted molar refractivity (Wildman–Crippen MR) is 144 cm³/mol. The standard InChI is InChI=1S/C23H24Cl2N4O4S2.2H2/c1-15-14-28(17-6-8-18(9-7-17)35(31,32)27-23-26-10-13-34-23)11-12-29(15)22(30)16(2)33-20-5-3-4-19(24)21(20)25;;/h3-10,13,15-16H,11-12,14H2,1-2H3,(H,26,27);2*1H/t15-,16?;;/m0../s1. The van der Waals surface area contributed by atoms with Crippen molar-refractivity contribution >= 4 is 61.3 Å². The summed E-state index contributed by atoms with van der Waals surface area (Å²) in [4.78, 5) is 21.1. The number of ether oxygens (including phenoxy) is 1. The summed E-state index contributed by atoms with van der Waals surface area (Å²) >= 11 is 13.4. The summed E-state index contributed by atoms with van der Waals surface area (Å²) in [5.74, 6) is 0.230. The highest BCUT2D eigenvalue weighted by Gasteiger charge is 2.31. The quantitative estimate of drug-likeness (QED) is 0.426. The average molecular weight is 560 g/mol. The highest BCUT2D eigenvalue weighted by molar-refractivity contribution is 7.93. The lowest BCUT2D eigenvalue weighted by molar-refractivity contribution is -0.140. The molecule has 1 aliphatic heterocycles. The number of sulfonamides is 1. The number of carbonyl (C=O) groups excluding carboxylic acids is 1. The summed E-state index contributed by atoms with van der Waals surface area (Å²) < 4.78 is 33.4. The molecule has 0 aliphatic carbocycles. The van der Waals surface area contributed by atoms with Crippen molar-refractivity contribution in [3.05, 3.63) is 64.1 Å². The number of amides is 1. The van der Waals surface area contributed by atoms with Crippen LogP contribution in [0.2, 0.25) is 10.0 Å². The van der Waals surface area contributed by atoms with Crippen LogP contribution in [-0.2, 0) is 14.8 Å². The predicted octanol–water partition coefficient (Wildman–Crippen LogP) is 5.25. The van der Waals surface area contributed by atoms with Gasteiger partial charge in [0.2, 0.25) is 0 Å². The van der Waals surface area contributed by atoms with Crippen LogP contribution in [0.5, 0.6) is 5.75 Å². The third kappa shape index (κ3) is 5.83. The molecule has 1 aromatic heterocycles. The van der Waals surface area contributed by atoms with Crippen LogP contribution in [0.1, 0.15) is 16.7 Å². The van der Waals surface area contributed by atoms with E-state index in [9.17, 15) is 13.2 Å². The minimum absolute atomic E-state index is 0. The van der Waals surface area contributed by atoms with Gasteiger partial charge in [0.15, 0.2) is 11.2 Å². The fourth-order valence-corrected chi connectivity index (χ4v) is 5.98. The average Bonchev–Trinajstić information content (AvgIpc) is 3.34. The first-order chi connectivity index (χ1) is 16.7. The van der Waals surface area contributed by atoms with Gasteiger partial charge < -0.3 is 14.5 Å². The van der Waals surface area contributed by atoms with Crippen LogP contribution < -0.4 is 14.4 Å². The monoisotopic (exact) mass is 558 g/mol. The van der Waals surface area contributed by atoms with E-state index in [-0.39, 0.29) is 24.7 Å². The molecule has 1 aliphatic rings. The first kappa shape index (κ1) is 25.6. The van der Waals surface area contributed by atoms with Crippen LogP contribution in [0.4, 0.5) is 10.8 Å². The Morgan fingerprint density at radius 2 is 1.97 bits per heavy atom. The number of halogens is 2. The Labute approximate surface area is 221 Å². The number of aromatic nitrogens is 1. The van der Waals surface area contributed by atoms with Crippen molar-refractivity contribution in [1.82, 2.24) is 9.88 Å². The molecule has 0 spiro atoms. The molecule has 4 rings (SSSR count). The van der Waals surface area contributed by atoms with E-state index < -0.39 is 16.1 Å². The number of nitrogens with zero attached hydrogens (tertiary/aromatic N) is 3. The Balaban J connectivity index is 0.00000241. The van der Waals surface area contributed by atoms with E-state index in [0.717, 1.165) is 5.69 Å². The molecule has 1 N–H and O–H groups in total. The first-order valence-corrected chi connectivity index (χ1v) is 14.0. The minimum Gasteiger partial charge on any atom is -0.479 e. The van der Waals surface area contributed by atoms with E-state index in [1.54, 1.807) is 59.7 Å². The summed E-state index contributed by atoms with van der Waals surface area (Å²) in [5.41, 5.74) is 0.882. The summed E-state index contributed by atoms with van der Waals surface area (Å²) in [7, 11) is -3.71. The molecule has 35 heavy (non-hydrogen) atoms. The topological polar surface area (TPSA) is 91.8 Å². The molecular weight excluding hydrogens is 531 g/mol. The second-order valence-electron chi connectivity index (χ2n) is 8.08. The molecule has 1 saturated heterocycles. The van der Waals surface area contributed by atoms with Crippen LogP contribution in [0, 0.1) is 0 Å². The number of benzene rings is 2. The molecular formula is C23H28Cl2N4O4S2. The Morgan fingerprint density at radius 1 is 1.23 bits per heavy atom. The van der Waals surface area contributed by atoms with Crippen molar-refractivity contribution in [3.63, 3.8) is 0 Å². The van der Waals surface area contributed by atoms with Crippen LogP contribution in [-0.4, -0.2) is 56.0 Å². The molecule has 0 bridgehead atoms. The third-order valence-corrected chi connectivity index (χ3v) is 8.62. The summed E-state index contributed by atoms with van der Waals surface area (Å²) in [5, 5.41) is 2.66. The summed E-state index contributed by atoms with van der Waals surface area (Å²) in [6, 6.07) is 11.7. The van der Waals surface area contributed by atoms with Gasteiger partial charge in [0.25, 0.3) is 15.9 Å². The van der Waals surface area contributed by atoms with Crippen LogP contribution in [0.25, 0.3) is 0 Å². The fraction of sp³-hybridized carbons (Fsp3) is 0.304. The van der Waals surface area contributed by atoms with Gasteiger partial charge in [0.05, 0.1) is 9.92 Å². The first-order valence-electron chi connectivity index (χ1n) is 10.8. The van der Waals surface area contributed by atoms with E-state index in [4.69, 9.17) is 27.9 Å². The van der Waals surface area contributed by atoms with E-state index in [2.05, 4.69) is 14.6 Å². The van der Waals surface area contributed by atoms with E-state index in [1.165, 1.54) is 17.5 Å². The van der Waals surface area contributed by atoms with Gasteiger partial charge in [-0.15, -0.1) is 11.3 Å². The zero-order valence-electron chi connectivity index (χ0n) is 19.0. The van der Waals surface area contributed by atoms with Gasteiger partial charge in [-0.3, -0.25) is 9.52 Å². The maximum Gasteiger partial charge on any atom is 0.263 e. The molecule has 8 nitrogen and oxygen atoms in total. The van der Waals surface area contributed by atoms with Crippen molar-refractivity contribution in [2.24, 2.45) is 0 Å². The molecule has 12 heteroatoms. The van der Waals surface area contributed by atoms with Gasteiger partial charge in [0, 0.05) is 45.8 Å². The molecule has 0 saturated carbocycles. The van der Waals surface area contributed by atoms with Gasteiger partial charge in [-0.25, -0.2) is 13.4 Å². The van der Waals surface area contributed by atoms with Crippen LogP contribution in [0.15, 0.2) is 58.9 Å². The van der Waals surface area contributed by atoms with Crippen LogP contribution in [0.3, 0.4) is 0 Å². The van der Waals surface area contributed by atoms with Crippen molar-refractivity contribution in [2.75, 3.05) is 29.3 Å². The van der Waals surface area contributed by atoms with E-state index in [1.807, 2.05) is 6.92 Å². The summed E-state index contributed by atoms with van der Waals surface area (Å²) in [6.45, 7) is 5.37. The maximum absolute atomic E-state index is 13.1. The second-order valence-corrected chi connectivity index (χ2v) is 11.4. The Hall–Kier alpha value is -2.53. The normalized spacial score (nSPS) is 17.2. The second kappa shape index (κ2) is 10.6. The van der Waals surface area contributed by atoms with Crippen molar-refractivity contribution in [1.29, 1.82) is 0 Å². The minimum atomic E-state index is -3.71. The van der Waals surface area contributed by atoms with Crippen molar-refractivity contribution < 1.29 is 20.8 Å². The van der Waals surface area contributed by atoms with Gasteiger partial charge in [-0.05, 0) is 50.2 Å². The third-order valence-electron chi connectivity index (χ3n) is 5.64. The number of nitrogens with one attached hydrogen (secondary N) is 1. The number of anilines is 2. The Kier molecular flexibility index (Phi) is 7.75. The molecule has 2 heterocycles. The highest BCUT2D eigenvalue weighted by Crippen LogP contribution is 2.32. The van der Waals surface area contributed by atoms with Gasteiger partial charge in [-0.1, -0.05) is 29.3 Å². The number of carbonyl (C=O) groups is 1. The number of rotatable bonds is 7. The van der Waals surface area contributed by atoms with E-state index >= 15 is 0 Å². The molecule has 190 valence electrons. The Bertz CT molecular complexity index is 1300.